The van der Waals surface area contributed by atoms with Crippen LogP contribution in [0.2, 0.25) is 0 Å². The van der Waals surface area contributed by atoms with Crippen LogP contribution in [-0.4, -0.2) is 77.4 Å². The lowest BCUT2D eigenvalue weighted by molar-refractivity contribution is -0.142. The van der Waals surface area contributed by atoms with Crippen LogP contribution in [0.5, 0.6) is 0 Å². The molecule has 2 saturated heterocycles. The third kappa shape index (κ3) is 5.32. The van der Waals surface area contributed by atoms with Crippen LogP contribution in [0.25, 0.3) is 0 Å². The molecule has 154 valence electrons. The zero-order valence-corrected chi connectivity index (χ0v) is 16.9. The standard InChI is InChI=1S/C22H33N3O3/c1-2-23-14-16-24(17-15-23)20(26)9-8-18-10-12-25(13-11-18)22(28)21(27)19-6-4-3-5-7-19/h3-7,18,21,27H,2,8-17H2,1H3. The molecule has 1 N–H and O–H groups in total. The van der Waals surface area contributed by atoms with Crippen molar-refractivity contribution < 1.29 is 14.7 Å². The van der Waals surface area contributed by atoms with Gasteiger partial charge in [0.15, 0.2) is 6.10 Å². The van der Waals surface area contributed by atoms with Crippen molar-refractivity contribution in [1.29, 1.82) is 0 Å². The molecule has 3 rings (SSSR count). The number of aliphatic hydroxyl groups is 1. The van der Waals surface area contributed by atoms with Crippen molar-refractivity contribution in [2.45, 2.75) is 38.7 Å². The summed E-state index contributed by atoms with van der Waals surface area (Å²) in [6.07, 6.45) is 2.24. The van der Waals surface area contributed by atoms with Gasteiger partial charge in [0.25, 0.3) is 5.91 Å². The highest BCUT2D eigenvalue weighted by Crippen LogP contribution is 2.25. The van der Waals surface area contributed by atoms with Gasteiger partial charge in [0.2, 0.25) is 5.91 Å². The van der Waals surface area contributed by atoms with E-state index in [0.29, 0.717) is 31.0 Å². The highest BCUT2D eigenvalue weighted by atomic mass is 16.3. The molecule has 0 spiro atoms. The lowest BCUT2D eigenvalue weighted by atomic mass is 9.91. The predicted octanol–water partition coefficient (Wildman–Crippen LogP) is 1.90. The number of amides is 2. The average Bonchev–Trinajstić information content (AvgIpc) is 2.77. The van der Waals surface area contributed by atoms with Gasteiger partial charge in [0, 0.05) is 45.7 Å². The molecule has 6 nitrogen and oxygen atoms in total. The molecule has 2 amide bonds. The van der Waals surface area contributed by atoms with Crippen molar-refractivity contribution in [1.82, 2.24) is 14.7 Å². The number of benzene rings is 1. The van der Waals surface area contributed by atoms with Crippen molar-refractivity contribution in [3.63, 3.8) is 0 Å². The zero-order valence-electron chi connectivity index (χ0n) is 16.9. The van der Waals surface area contributed by atoms with Crippen LogP contribution in [0.15, 0.2) is 30.3 Å². The third-order valence-corrected chi connectivity index (χ3v) is 6.21. The molecule has 2 aliphatic rings. The first-order valence-electron chi connectivity index (χ1n) is 10.6. The molecule has 0 saturated carbocycles. The first kappa shape index (κ1) is 20.8. The monoisotopic (exact) mass is 387 g/mol. The van der Waals surface area contributed by atoms with Gasteiger partial charge in [-0.25, -0.2) is 0 Å². The Morgan fingerprint density at radius 3 is 2.25 bits per heavy atom. The van der Waals surface area contributed by atoms with Gasteiger partial charge >= 0.3 is 0 Å². The van der Waals surface area contributed by atoms with Crippen LogP contribution in [-0.2, 0) is 9.59 Å². The van der Waals surface area contributed by atoms with E-state index in [1.54, 1.807) is 17.0 Å². The van der Waals surface area contributed by atoms with E-state index in [1.165, 1.54) is 0 Å². The number of rotatable bonds is 6. The van der Waals surface area contributed by atoms with Crippen molar-refractivity contribution in [3.05, 3.63) is 35.9 Å². The summed E-state index contributed by atoms with van der Waals surface area (Å²) < 4.78 is 0. The van der Waals surface area contributed by atoms with Crippen molar-refractivity contribution in [2.75, 3.05) is 45.8 Å². The van der Waals surface area contributed by atoms with E-state index >= 15 is 0 Å². The topological polar surface area (TPSA) is 64.1 Å². The van der Waals surface area contributed by atoms with Gasteiger partial charge < -0.3 is 19.8 Å². The molecule has 2 heterocycles. The van der Waals surface area contributed by atoms with E-state index in [4.69, 9.17) is 0 Å². The summed E-state index contributed by atoms with van der Waals surface area (Å²) in [6, 6.07) is 9.09. The molecule has 0 bridgehead atoms. The number of likely N-dealkylation sites (N-methyl/N-ethyl adjacent to an activating group) is 1. The van der Waals surface area contributed by atoms with Gasteiger partial charge in [-0.05, 0) is 37.3 Å². The van der Waals surface area contributed by atoms with E-state index < -0.39 is 6.10 Å². The van der Waals surface area contributed by atoms with E-state index in [-0.39, 0.29) is 11.8 Å². The smallest absolute Gasteiger partial charge is 0.256 e. The number of carbonyl (C=O) groups is 2. The minimum absolute atomic E-state index is 0.213. The Labute approximate surface area is 168 Å². The average molecular weight is 388 g/mol. The second kappa shape index (κ2) is 10.0. The Kier molecular flexibility index (Phi) is 7.45. The maximum absolute atomic E-state index is 12.5. The summed E-state index contributed by atoms with van der Waals surface area (Å²) in [5.74, 6) is 0.544. The number of aliphatic hydroxyl groups excluding tert-OH is 1. The number of hydrogen-bond acceptors (Lipinski definition) is 4. The molecule has 1 atom stereocenters. The van der Waals surface area contributed by atoms with Gasteiger partial charge in [-0.1, -0.05) is 37.3 Å². The van der Waals surface area contributed by atoms with Crippen LogP contribution in [0.3, 0.4) is 0 Å². The van der Waals surface area contributed by atoms with Gasteiger partial charge in [0.1, 0.15) is 0 Å². The molecule has 6 heteroatoms. The number of likely N-dealkylation sites (tertiary alicyclic amines) is 1. The lowest BCUT2D eigenvalue weighted by Crippen LogP contribution is -2.48. The van der Waals surface area contributed by atoms with Gasteiger partial charge in [-0.3, -0.25) is 9.59 Å². The molecule has 1 aromatic rings. The summed E-state index contributed by atoms with van der Waals surface area (Å²) in [6.45, 7) is 8.19. The number of carbonyl (C=O) groups excluding carboxylic acids is 2. The van der Waals surface area contributed by atoms with E-state index in [1.807, 2.05) is 23.1 Å². The van der Waals surface area contributed by atoms with E-state index in [0.717, 1.165) is 52.0 Å². The van der Waals surface area contributed by atoms with Crippen LogP contribution in [0.4, 0.5) is 0 Å². The lowest BCUT2D eigenvalue weighted by Gasteiger charge is -2.35. The summed E-state index contributed by atoms with van der Waals surface area (Å²) in [5.41, 5.74) is 0.642. The van der Waals surface area contributed by atoms with Crippen LogP contribution >= 0.6 is 0 Å². The fourth-order valence-corrected chi connectivity index (χ4v) is 4.19. The number of hydrogen-bond donors (Lipinski definition) is 1. The Hall–Kier alpha value is -1.92. The predicted molar refractivity (Wildman–Crippen MR) is 109 cm³/mol. The molecule has 1 unspecified atom stereocenters. The fourth-order valence-electron chi connectivity index (χ4n) is 4.19. The van der Waals surface area contributed by atoms with Gasteiger partial charge in [-0.15, -0.1) is 0 Å². The Morgan fingerprint density at radius 2 is 1.64 bits per heavy atom. The molecule has 0 aliphatic carbocycles. The van der Waals surface area contributed by atoms with E-state index in [9.17, 15) is 14.7 Å². The van der Waals surface area contributed by atoms with Crippen molar-refractivity contribution >= 4 is 11.8 Å². The molecule has 0 aromatic heterocycles. The highest BCUT2D eigenvalue weighted by molar-refractivity contribution is 5.82. The molecule has 2 aliphatic heterocycles. The van der Waals surface area contributed by atoms with Crippen LogP contribution in [0.1, 0.15) is 44.3 Å². The normalized spacial score (nSPS) is 20.2. The fraction of sp³-hybridized carbons (Fsp3) is 0.636. The largest absolute Gasteiger partial charge is 0.378 e. The van der Waals surface area contributed by atoms with E-state index in [2.05, 4.69) is 11.8 Å². The number of nitrogens with zero attached hydrogens (tertiary/aromatic N) is 3. The van der Waals surface area contributed by atoms with Crippen molar-refractivity contribution in [3.8, 4) is 0 Å². The molecular weight excluding hydrogens is 354 g/mol. The zero-order chi connectivity index (χ0) is 19.9. The first-order chi connectivity index (χ1) is 13.6. The summed E-state index contributed by atoms with van der Waals surface area (Å²) in [7, 11) is 0. The molecule has 2 fully saturated rings. The summed E-state index contributed by atoms with van der Waals surface area (Å²) in [4.78, 5) is 31.1. The maximum Gasteiger partial charge on any atom is 0.256 e. The molecular formula is C22H33N3O3. The quantitative estimate of drug-likeness (QED) is 0.810. The minimum Gasteiger partial charge on any atom is -0.378 e. The van der Waals surface area contributed by atoms with Gasteiger partial charge in [-0.2, -0.15) is 0 Å². The summed E-state index contributed by atoms with van der Waals surface area (Å²) in [5, 5.41) is 10.3. The van der Waals surface area contributed by atoms with Crippen LogP contribution in [0, 0.1) is 5.92 Å². The Bertz CT molecular complexity index is 636. The number of piperidine rings is 1. The van der Waals surface area contributed by atoms with Gasteiger partial charge in [0.05, 0.1) is 0 Å². The second-order valence-corrected chi connectivity index (χ2v) is 7.94. The number of piperazine rings is 1. The summed E-state index contributed by atoms with van der Waals surface area (Å²) >= 11 is 0. The molecule has 1 aromatic carbocycles. The Morgan fingerprint density at radius 1 is 1.00 bits per heavy atom. The van der Waals surface area contributed by atoms with Crippen LogP contribution < -0.4 is 0 Å². The van der Waals surface area contributed by atoms with Crippen molar-refractivity contribution in [2.24, 2.45) is 5.92 Å². The second-order valence-electron chi connectivity index (χ2n) is 7.94. The SMILES string of the molecule is CCN1CCN(C(=O)CCC2CCN(C(=O)C(O)c3ccccc3)CC2)CC1. The molecule has 28 heavy (non-hydrogen) atoms. The minimum atomic E-state index is -1.08. The Balaban J connectivity index is 1.38. The molecule has 0 radical (unpaired) electrons. The highest BCUT2D eigenvalue weighted by Gasteiger charge is 2.28. The third-order valence-electron chi connectivity index (χ3n) is 6.21. The first-order valence-corrected chi connectivity index (χ1v) is 10.6. The maximum atomic E-state index is 12.5.